The molecule has 0 spiro atoms. The van der Waals surface area contributed by atoms with Crippen LogP contribution in [0, 0.1) is 0 Å². The van der Waals surface area contributed by atoms with Crippen LogP contribution in [0.1, 0.15) is 19.4 Å². The maximum absolute atomic E-state index is 12.2. The van der Waals surface area contributed by atoms with Gasteiger partial charge in [-0.1, -0.05) is 19.1 Å². The monoisotopic (exact) mass is 319 g/mol. The zero-order chi connectivity index (χ0) is 16.7. The minimum Gasteiger partial charge on any atom is -0.450 e. The number of carbonyl (C=O) groups is 2. The van der Waals surface area contributed by atoms with Crippen molar-refractivity contribution in [3.05, 3.63) is 29.8 Å². The molecule has 1 aromatic carbocycles. The molecule has 1 aliphatic heterocycles. The van der Waals surface area contributed by atoms with Crippen molar-refractivity contribution in [1.82, 2.24) is 9.80 Å². The first-order valence-corrected chi connectivity index (χ1v) is 8.16. The van der Waals surface area contributed by atoms with Crippen LogP contribution in [0.2, 0.25) is 0 Å². The topological polar surface area (TPSA) is 61.9 Å². The number of rotatable bonds is 5. The van der Waals surface area contributed by atoms with E-state index in [9.17, 15) is 9.59 Å². The molecule has 1 fully saturated rings. The van der Waals surface area contributed by atoms with Gasteiger partial charge in [-0.25, -0.2) is 4.79 Å². The molecule has 0 aliphatic carbocycles. The number of hydrogen-bond acceptors (Lipinski definition) is 4. The highest BCUT2D eigenvalue weighted by Crippen LogP contribution is 2.10. The number of ether oxygens (including phenoxy) is 1. The summed E-state index contributed by atoms with van der Waals surface area (Å²) in [6.07, 6.45) is 0.706. The minimum atomic E-state index is -0.297. The summed E-state index contributed by atoms with van der Waals surface area (Å²) in [5.74, 6) is 0.0491. The number of piperazine rings is 1. The normalized spacial score (nSPS) is 14.5. The van der Waals surface area contributed by atoms with Crippen LogP contribution in [0.5, 0.6) is 0 Å². The van der Waals surface area contributed by atoms with Crippen LogP contribution in [-0.4, -0.2) is 61.1 Å². The lowest BCUT2D eigenvalue weighted by Crippen LogP contribution is -2.51. The summed E-state index contributed by atoms with van der Waals surface area (Å²) in [4.78, 5) is 27.3. The summed E-state index contributed by atoms with van der Waals surface area (Å²) in [6.45, 7) is 6.69. The van der Waals surface area contributed by atoms with Crippen molar-refractivity contribution in [2.45, 2.75) is 20.3 Å². The zero-order valence-corrected chi connectivity index (χ0v) is 13.9. The standard InChI is InChI=1S/C17H25N3O3/c1-3-14-5-7-15(8-6-14)18-13-16(21)19-9-11-20(12-10-19)17(22)23-4-2/h5-8,18H,3-4,9-13H2,1-2H3. The Bertz CT molecular complexity index is 522. The molecule has 23 heavy (non-hydrogen) atoms. The molecule has 2 rings (SSSR count). The summed E-state index contributed by atoms with van der Waals surface area (Å²) >= 11 is 0. The number of hydrogen-bond donors (Lipinski definition) is 1. The molecule has 1 heterocycles. The van der Waals surface area contributed by atoms with Gasteiger partial charge in [-0.15, -0.1) is 0 Å². The van der Waals surface area contributed by atoms with Crippen LogP contribution in [0.25, 0.3) is 0 Å². The van der Waals surface area contributed by atoms with Gasteiger partial charge in [-0.05, 0) is 31.0 Å². The minimum absolute atomic E-state index is 0.0491. The summed E-state index contributed by atoms with van der Waals surface area (Å²) in [5, 5.41) is 3.15. The number of nitrogens with zero attached hydrogens (tertiary/aromatic N) is 2. The van der Waals surface area contributed by atoms with Crippen molar-refractivity contribution >= 4 is 17.7 Å². The van der Waals surface area contributed by atoms with E-state index in [0.717, 1.165) is 12.1 Å². The molecule has 2 amide bonds. The van der Waals surface area contributed by atoms with Crippen LogP contribution in [-0.2, 0) is 16.0 Å². The van der Waals surface area contributed by atoms with Crippen molar-refractivity contribution in [1.29, 1.82) is 0 Å². The fourth-order valence-electron chi connectivity index (χ4n) is 2.50. The van der Waals surface area contributed by atoms with Gasteiger partial charge in [0.2, 0.25) is 5.91 Å². The Morgan fingerprint density at radius 3 is 2.22 bits per heavy atom. The molecule has 1 saturated heterocycles. The number of carbonyl (C=O) groups excluding carboxylic acids is 2. The van der Waals surface area contributed by atoms with Gasteiger partial charge < -0.3 is 19.9 Å². The summed E-state index contributed by atoms with van der Waals surface area (Å²) in [5.41, 5.74) is 2.22. The van der Waals surface area contributed by atoms with Gasteiger partial charge in [0.05, 0.1) is 13.2 Å². The lowest BCUT2D eigenvalue weighted by molar-refractivity contribution is -0.130. The molecule has 1 aliphatic rings. The second kappa shape index (κ2) is 8.41. The molecule has 0 unspecified atom stereocenters. The number of anilines is 1. The van der Waals surface area contributed by atoms with Crippen LogP contribution < -0.4 is 5.32 Å². The van der Waals surface area contributed by atoms with Gasteiger partial charge in [0, 0.05) is 31.9 Å². The molecule has 0 aromatic heterocycles. The summed E-state index contributed by atoms with van der Waals surface area (Å²) in [6, 6.07) is 8.10. The molecule has 1 N–H and O–H groups in total. The first-order chi connectivity index (χ1) is 11.1. The average molecular weight is 319 g/mol. The van der Waals surface area contributed by atoms with Crippen molar-refractivity contribution in [3.8, 4) is 0 Å². The third-order valence-corrected chi connectivity index (χ3v) is 3.96. The van der Waals surface area contributed by atoms with Crippen LogP contribution >= 0.6 is 0 Å². The van der Waals surface area contributed by atoms with E-state index in [1.807, 2.05) is 12.1 Å². The molecule has 126 valence electrons. The van der Waals surface area contributed by atoms with Gasteiger partial charge in [-0.3, -0.25) is 4.79 Å². The van der Waals surface area contributed by atoms with E-state index < -0.39 is 0 Å². The third kappa shape index (κ3) is 4.87. The summed E-state index contributed by atoms with van der Waals surface area (Å²) < 4.78 is 4.97. The highest BCUT2D eigenvalue weighted by molar-refractivity contribution is 5.81. The van der Waals surface area contributed by atoms with Crippen molar-refractivity contribution in [3.63, 3.8) is 0 Å². The fourth-order valence-corrected chi connectivity index (χ4v) is 2.50. The van der Waals surface area contributed by atoms with E-state index in [2.05, 4.69) is 24.4 Å². The van der Waals surface area contributed by atoms with Crippen LogP contribution in [0.15, 0.2) is 24.3 Å². The number of aryl methyl sites for hydroxylation is 1. The third-order valence-electron chi connectivity index (χ3n) is 3.96. The molecular weight excluding hydrogens is 294 g/mol. The Balaban J connectivity index is 1.75. The first-order valence-electron chi connectivity index (χ1n) is 8.16. The van der Waals surface area contributed by atoms with Gasteiger partial charge >= 0.3 is 6.09 Å². The van der Waals surface area contributed by atoms with Crippen molar-refractivity contribution in [2.24, 2.45) is 0 Å². The quantitative estimate of drug-likeness (QED) is 0.901. The molecule has 0 radical (unpaired) electrons. The van der Waals surface area contributed by atoms with Crippen molar-refractivity contribution in [2.75, 3.05) is 44.6 Å². The highest BCUT2D eigenvalue weighted by atomic mass is 16.6. The van der Waals surface area contributed by atoms with E-state index in [-0.39, 0.29) is 18.5 Å². The Kier molecular flexibility index (Phi) is 6.26. The van der Waals surface area contributed by atoms with Gasteiger partial charge in [0.25, 0.3) is 0 Å². The number of nitrogens with one attached hydrogen (secondary N) is 1. The van der Waals surface area contributed by atoms with E-state index >= 15 is 0 Å². The molecular formula is C17H25N3O3. The van der Waals surface area contributed by atoms with E-state index in [0.29, 0.717) is 32.8 Å². The highest BCUT2D eigenvalue weighted by Gasteiger charge is 2.24. The molecule has 6 nitrogen and oxygen atoms in total. The predicted molar refractivity (Wildman–Crippen MR) is 89.5 cm³/mol. The van der Waals surface area contributed by atoms with Crippen LogP contribution in [0.3, 0.4) is 0 Å². The molecule has 1 aromatic rings. The lowest BCUT2D eigenvalue weighted by Gasteiger charge is -2.34. The van der Waals surface area contributed by atoms with E-state index in [4.69, 9.17) is 4.74 Å². The predicted octanol–water partition coefficient (Wildman–Crippen LogP) is 1.96. The smallest absolute Gasteiger partial charge is 0.409 e. The lowest BCUT2D eigenvalue weighted by atomic mass is 10.1. The molecule has 0 saturated carbocycles. The average Bonchev–Trinajstić information content (AvgIpc) is 2.60. The van der Waals surface area contributed by atoms with Crippen LogP contribution in [0.4, 0.5) is 10.5 Å². The Labute approximate surface area is 137 Å². The zero-order valence-electron chi connectivity index (χ0n) is 13.9. The SMILES string of the molecule is CCOC(=O)N1CCN(C(=O)CNc2ccc(CC)cc2)CC1. The fraction of sp³-hybridized carbons (Fsp3) is 0.529. The second-order valence-electron chi connectivity index (χ2n) is 5.47. The maximum Gasteiger partial charge on any atom is 0.409 e. The van der Waals surface area contributed by atoms with Crippen molar-refractivity contribution < 1.29 is 14.3 Å². The molecule has 0 bridgehead atoms. The van der Waals surface area contributed by atoms with E-state index in [1.54, 1.807) is 16.7 Å². The van der Waals surface area contributed by atoms with Gasteiger partial charge in [0.1, 0.15) is 0 Å². The molecule has 6 heteroatoms. The Morgan fingerprint density at radius 2 is 1.65 bits per heavy atom. The Hall–Kier alpha value is -2.24. The van der Waals surface area contributed by atoms with Gasteiger partial charge in [0.15, 0.2) is 0 Å². The number of amides is 2. The first kappa shape index (κ1) is 17.1. The largest absolute Gasteiger partial charge is 0.450 e. The van der Waals surface area contributed by atoms with Gasteiger partial charge in [-0.2, -0.15) is 0 Å². The number of benzene rings is 1. The second-order valence-corrected chi connectivity index (χ2v) is 5.47. The Morgan fingerprint density at radius 1 is 1.04 bits per heavy atom. The molecule has 0 atom stereocenters. The van der Waals surface area contributed by atoms with E-state index in [1.165, 1.54) is 5.56 Å². The maximum atomic E-state index is 12.2. The summed E-state index contributed by atoms with van der Waals surface area (Å²) in [7, 11) is 0.